The quantitative estimate of drug-likeness (QED) is 0.658. The number of halogens is 2. The van der Waals surface area contributed by atoms with E-state index in [9.17, 15) is 18.4 Å². The van der Waals surface area contributed by atoms with E-state index in [2.05, 4.69) is 15.4 Å². The van der Waals surface area contributed by atoms with Gasteiger partial charge in [0, 0.05) is 23.4 Å². The van der Waals surface area contributed by atoms with Gasteiger partial charge in [0.2, 0.25) is 5.91 Å². The highest BCUT2D eigenvalue weighted by Gasteiger charge is 2.23. The summed E-state index contributed by atoms with van der Waals surface area (Å²) in [6.07, 6.45) is 4.78. The molecule has 152 valence electrons. The minimum atomic E-state index is -2.96. The second kappa shape index (κ2) is 9.18. The molecule has 0 radical (unpaired) electrons. The van der Waals surface area contributed by atoms with Crippen molar-refractivity contribution in [2.24, 2.45) is 0 Å². The van der Waals surface area contributed by atoms with Crippen molar-refractivity contribution in [2.45, 2.75) is 25.5 Å². The molecule has 0 bridgehead atoms. The molecule has 0 heterocycles. The van der Waals surface area contributed by atoms with Crippen molar-refractivity contribution >= 4 is 23.6 Å². The van der Waals surface area contributed by atoms with Gasteiger partial charge >= 0.3 is 6.61 Å². The van der Waals surface area contributed by atoms with Gasteiger partial charge in [0.05, 0.1) is 7.11 Å². The first-order valence-corrected chi connectivity index (χ1v) is 8.97. The van der Waals surface area contributed by atoms with Gasteiger partial charge in [0.25, 0.3) is 5.91 Å². The van der Waals surface area contributed by atoms with Crippen LogP contribution < -0.4 is 20.1 Å². The molecule has 0 unspecified atom stereocenters. The van der Waals surface area contributed by atoms with Gasteiger partial charge in [-0.05, 0) is 54.8 Å². The number of amides is 2. The van der Waals surface area contributed by atoms with E-state index in [-0.39, 0.29) is 23.4 Å². The summed E-state index contributed by atoms with van der Waals surface area (Å²) in [4.78, 5) is 24.3. The maximum Gasteiger partial charge on any atom is 0.387 e. The number of ether oxygens (including phenoxy) is 2. The number of carbonyl (C=O) groups excluding carboxylic acids is 2. The Morgan fingerprint density at radius 2 is 1.93 bits per heavy atom. The Kier molecular flexibility index (Phi) is 6.43. The molecule has 0 atom stereocenters. The van der Waals surface area contributed by atoms with Crippen LogP contribution in [0.1, 0.15) is 28.8 Å². The van der Waals surface area contributed by atoms with E-state index >= 15 is 0 Å². The summed E-state index contributed by atoms with van der Waals surface area (Å²) in [6.45, 7) is -2.96. The van der Waals surface area contributed by atoms with E-state index in [1.54, 1.807) is 24.3 Å². The van der Waals surface area contributed by atoms with Crippen molar-refractivity contribution in [1.29, 1.82) is 0 Å². The summed E-state index contributed by atoms with van der Waals surface area (Å²) in [6, 6.07) is 11.2. The highest BCUT2D eigenvalue weighted by molar-refractivity contribution is 6.03. The zero-order valence-electron chi connectivity index (χ0n) is 15.7. The maximum atomic E-state index is 12.4. The van der Waals surface area contributed by atoms with Crippen LogP contribution in [0, 0.1) is 0 Å². The maximum absolute atomic E-state index is 12.4. The summed E-state index contributed by atoms with van der Waals surface area (Å²) < 4.78 is 34.1. The Morgan fingerprint density at radius 3 is 2.62 bits per heavy atom. The fraction of sp³-hybridized carbons (Fsp3) is 0.238. The molecule has 2 aromatic rings. The zero-order valence-corrected chi connectivity index (χ0v) is 15.7. The number of anilines is 1. The largest absolute Gasteiger partial charge is 0.493 e. The fourth-order valence-corrected chi connectivity index (χ4v) is 2.57. The van der Waals surface area contributed by atoms with Gasteiger partial charge in [0.1, 0.15) is 0 Å². The molecule has 6 nitrogen and oxygen atoms in total. The molecule has 1 aliphatic rings. The molecular weight excluding hydrogens is 382 g/mol. The van der Waals surface area contributed by atoms with Crippen LogP contribution in [0.3, 0.4) is 0 Å². The molecule has 0 saturated heterocycles. The van der Waals surface area contributed by atoms with Crippen molar-refractivity contribution in [3.63, 3.8) is 0 Å². The van der Waals surface area contributed by atoms with E-state index < -0.39 is 12.5 Å². The molecule has 1 fully saturated rings. The first-order valence-electron chi connectivity index (χ1n) is 8.97. The van der Waals surface area contributed by atoms with Gasteiger partial charge in [0.15, 0.2) is 11.5 Å². The van der Waals surface area contributed by atoms with Gasteiger partial charge in [-0.1, -0.05) is 12.1 Å². The van der Waals surface area contributed by atoms with Gasteiger partial charge in [-0.3, -0.25) is 9.59 Å². The second-order valence-electron chi connectivity index (χ2n) is 6.44. The molecule has 0 aliphatic heterocycles. The summed E-state index contributed by atoms with van der Waals surface area (Å²) in [5.74, 6) is -0.540. The van der Waals surface area contributed by atoms with Gasteiger partial charge in [-0.2, -0.15) is 8.78 Å². The number of hydrogen-bond acceptors (Lipinski definition) is 4. The molecule has 1 aliphatic carbocycles. The fourth-order valence-electron chi connectivity index (χ4n) is 2.57. The predicted octanol–water partition coefficient (Wildman–Crippen LogP) is 3.84. The lowest BCUT2D eigenvalue weighted by molar-refractivity contribution is -0.111. The van der Waals surface area contributed by atoms with E-state index in [4.69, 9.17) is 4.74 Å². The minimum Gasteiger partial charge on any atom is -0.493 e. The minimum absolute atomic E-state index is 0.0922. The van der Waals surface area contributed by atoms with Crippen molar-refractivity contribution in [1.82, 2.24) is 5.32 Å². The number of benzene rings is 2. The van der Waals surface area contributed by atoms with Crippen molar-refractivity contribution in [3.05, 3.63) is 59.7 Å². The molecule has 8 heteroatoms. The average Bonchev–Trinajstić information content (AvgIpc) is 3.51. The number of rotatable bonds is 8. The molecular formula is C21H20F2N2O4. The Morgan fingerprint density at radius 1 is 1.14 bits per heavy atom. The van der Waals surface area contributed by atoms with Crippen LogP contribution in [0.2, 0.25) is 0 Å². The Balaban J connectivity index is 1.63. The van der Waals surface area contributed by atoms with Gasteiger partial charge < -0.3 is 20.1 Å². The lowest BCUT2D eigenvalue weighted by atomic mass is 10.1. The molecule has 2 N–H and O–H groups in total. The van der Waals surface area contributed by atoms with Crippen molar-refractivity contribution < 1.29 is 27.8 Å². The van der Waals surface area contributed by atoms with Crippen molar-refractivity contribution in [3.8, 4) is 11.5 Å². The van der Waals surface area contributed by atoms with Gasteiger partial charge in [-0.15, -0.1) is 0 Å². The van der Waals surface area contributed by atoms with E-state index in [1.165, 1.54) is 37.5 Å². The number of alkyl halides is 2. The second-order valence-corrected chi connectivity index (χ2v) is 6.44. The van der Waals surface area contributed by atoms with Crippen LogP contribution in [-0.2, 0) is 4.79 Å². The SMILES string of the molecule is COc1cc(/C=C/C(=O)Nc2cccc(C(=O)NC3CC3)c2)ccc1OC(F)F. The Bertz CT molecular complexity index is 927. The van der Waals surface area contributed by atoms with E-state index in [0.717, 1.165) is 12.8 Å². The number of carbonyl (C=O) groups is 2. The Hall–Kier alpha value is -3.42. The van der Waals surface area contributed by atoms with Crippen molar-refractivity contribution in [2.75, 3.05) is 12.4 Å². The molecule has 2 aromatic carbocycles. The van der Waals surface area contributed by atoms with E-state index in [1.807, 2.05) is 0 Å². The molecule has 0 aromatic heterocycles. The molecule has 29 heavy (non-hydrogen) atoms. The molecule has 1 saturated carbocycles. The zero-order chi connectivity index (χ0) is 20.8. The lowest BCUT2D eigenvalue weighted by Crippen LogP contribution is -2.25. The first-order chi connectivity index (χ1) is 13.9. The summed E-state index contributed by atoms with van der Waals surface area (Å²) in [7, 11) is 1.33. The highest BCUT2D eigenvalue weighted by atomic mass is 19.3. The van der Waals surface area contributed by atoms with E-state index in [0.29, 0.717) is 16.8 Å². The van der Waals surface area contributed by atoms with Crippen LogP contribution in [0.15, 0.2) is 48.5 Å². The monoisotopic (exact) mass is 402 g/mol. The predicted molar refractivity (Wildman–Crippen MR) is 104 cm³/mol. The summed E-state index contributed by atoms with van der Waals surface area (Å²) in [5.41, 5.74) is 1.52. The third-order valence-corrected chi connectivity index (χ3v) is 4.14. The van der Waals surface area contributed by atoms with Crippen LogP contribution in [0.5, 0.6) is 11.5 Å². The normalized spacial score (nSPS) is 13.4. The van der Waals surface area contributed by atoms with Crippen LogP contribution in [0.25, 0.3) is 6.08 Å². The smallest absolute Gasteiger partial charge is 0.387 e. The first kappa shape index (κ1) is 20.3. The van der Waals surface area contributed by atoms with Crippen LogP contribution >= 0.6 is 0 Å². The molecule has 2 amide bonds. The standard InChI is InChI=1S/C21H20F2N2O4/c1-28-18-11-13(5-9-17(18)29-21(22)23)6-10-19(26)24-16-4-2-3-14(12-16)20(27)25-15-7-8-15/h2-6,9-12,15,21H,7-8H2,1H3,(H,24,26)(H,25,27)/b10-6+. The summed E-state index contributed by atoms with van der Waals surface area (Å²) >= 11 is 0. The van der Waals surface area contributed by atoms with Gasteiger partial charge in [-0.25, -0.2) is 0 Å². The highest BCUT2D eigenvalue weighted by Crippen LogP contribution is 2.29. The van der Waals surface area contributed by atoms with Crippen LogP contribution in [0.4, 0.5) is 14.5 Å². The average molecular weight is 402 g/mol. The number of nitrogens with one attached hydrogen (secondary N) is 2. The Labute approximate surface area is 166 Å². The summed E-state index contributed by atoms with van der Waals surface area (Å²) in [5, 5.41) is 5.57. The third-order valence-electron chi connectivity index (χ3n) is 4.14. The molecule has 3 rings (SSSR count). The lowest BCUT2D eigenvalue weighted by Gasteiger charge is -2.10. The number of hydrogen-bond donors (Lipinski definition) is 2. The molecule has 0 spiro atoms. The topological polar surface area (TPSA) is 76.7 Å². The number of methoxy groups -OCH3 is 1. The van der Waals surface area contributed by atoms with Crippen LogP contribution in [-0.4, -0.2) is 31.6 Å². The third kappa shape index (κ3) is 6.03.